The van der Waals surface area contributed by atoms with E-state index in [0.29, 0.717) is 0 Å². The number of ether oxygens (including phenoxy) is 1. The summed E-state index contributed by atoms with van der Waals surface area (Å²) in [6, 6.07) is 9.60. The van der Waals surface area contributed by atoms with Crippen LogP contribution in [0.5, 0.6) is 5.75 Å². The number of fused-ring (bicyclic) bond motifs is 3. The molecule has 0 unspecified atom stereocenters. The molecular weight excluding hydrogens is 528 g/mol. The summed E-state index contributed by atoms with van der Waals surface area (Å²) in [5, 5.41) is 3.37. The molecular formula is C14H13ClLrNOS. The molecule has 0 spiro atoms. The number of rotatable bonds is 2. The predicted octanol–water partition coefficient (Wildman–Crippen LogP) is 4.21. The van der Waals surface area contributed by atoms with Gasteiger partial charge < -0.3 is 0 Å². The molecule has 3 aromatic rings. The molecule has 0 bridgehead atoms. The second-order valence-corrected chi connectivity index (χ2v) is 11.4. The monoisotopic (exact) mass is 540 g/mol. The molecule has 2 nitrogen and oxygen atoms in total. The molecule has 3 rings (SSSR count). The van der Waals surface area contributed by atoms with Crippen LogP contribution in [0, 0.1) is 6.92 Å². The van der Waals surface area contributed by atoms with E-state index < -0.39 is 0 Å². The molecule has 108 valence electrons. The van der Waals surface area contributed by atoms with Gasteiger partial charge in [0, 0.05) is 0 Å². The molecule has 2 aromatic carbocycles. The van der Waals surface area contributed by atoms with Crippen LogP contribution in [0.4, 0.5) is 0 Å². The second-order valence-electron chi connectivity index (χ2n) is 4.03. The fourth-order valence-corrected chi connectivity index (χ4v) is 5.77. The first-order chi connectivity index (χ1) is 9.11. The van der Waals surface area contributed by atoms with Crippen LogP contribution in [0.3, 0.4) is 0 Å². The number of nitrogens with zero attached hydrogens (tertiary/aromatic N) is 1. The molecule has 0 saturated heterocycles. The fourth-order valence-electron chi connectivity index (χ4n) is 2.16. The zero-order chi connectivity index (χ0) is 13.6. The van der Waals surface area contributed by atoms with Gasteiger partial charge in [0.1, 0.15) is 0 Å². The standard InChI is InChI=1S/C13H10NOS.CH3.ClH.Lr/c1-8-14-13-10-6-4-3-5-9(10)11(15-2)7-12(13)16-8;;;/h3-5,7H,1-2H3;1H3;1H;/q;;;+1/p-1. The number of aryl methyl sites for hydroxylation is 1. The molecule has 0 aliphatic rings. The van der Waals surface area contributed by atoms with Gasteiger partial charge in [-0.3, -0.25) is 0 Å². The Morgan fingerprint density at radius 3 is 2.84 bits per heavy atom. The van der Waals surface area contributed by atoms with Gasteiger partial charge in [0.2, 0.25) is 0 Å². The fraction of sp³-hybridized carbons (Fsp3) is 0.214. The van der Waals surface area contributed by atoms with Crippen molar-refractivity contribution in [3.8, 4) is 5.75 Å². The van der Waals surface area contributed by atoms with Crippen LogP contribution in [0.1, 0.15) is 5.01 Å². The number of aromatic nitrogens is 1. The maximum atomic E-state index is 6.47. The first kappa shape index (κ1) is 11.8. The van der Waals surface area contributed by atoms with E-state index in [4.69, 9.17) is 17.1 Å². The van der Waals surface area contributed by atoms with E-state index in [9.17, 15) is 0 Å². The maximum absolute atomic E-state index is 6.47. The van der Waals surface area contributed by atoms with E-state index in [1.165, 1.54) is 16.2 Å². The quantitative estimate of drug-likeness (QED) is 0.486. The molecule has 1 heterocycles. The summed E-state index contributed by atoms with van der Waals surface area (Å²) in [6.45, 7) is 2.04. The normalized spacial score (nSPS) is 11.2. The topological polar surface area (TPSA) is 22.1 Å². The predicted molar refractivity (Wildman–Crippen MR) is 79.8 cm³/mol. The molecule has 19 heavy (non-hydrogen) atoms. The Balaban J connectivity index is 2.56. The van der Waals surface area contributed by atoms with Crippen molar-refractivity contribution < 1.29 is 4.74 Å². The molecule has 5 heteroatoms. The van der Waals surface area contributed by atoms with Crippen molar-refractivity contribution in [3.63, 3.8) is 0 Å². The number of halogens is 1. The summed E-state index contributed by atoms with van der Waals surface area (Å²) >= 11 is 8.17. The van der Waals surface area contributed by atoms with Crippen molar-refractivity contribution in [2.24, 2.45) is 0 Å². The number of methoxy groups -OCH3 is 1. The molecule has 0 aliphatic heterocycles. The van der Waals surface area contributed by atoms with Crippen LogP contribution in [-0.2, 0) is 0 Å². The Morgan fingerprint density at radius 2 is 2.16 bits per heavy atom. The van der Waals surface area contributed by atoms with Crippen molar-refractivity contribution >= 4 is 50.8 Å². The summed E-state index contributed by atoms with van der Waals surface area (Å²) in [7, 11) is 3.85. The first-order valence-corrected chi connectivity index (χ1v) is 12.2. The van der Waals surface area contributed by atoms with Gasteiger partial charge in [-0.1, -0.05) is 0 Å². The van der Waals surface area contributed by atoms with Gasteiger partial charge in [-0.25, -0.2) is 0 Å². The minimum absolute atomic E-state index is 0.904. The summed E-state index contributed by atoms with van der Waals surface area (Å²) < 4.78 is 5.18. The Hall–Kier alpha value is -2.32. The van der Waals surface area contributed by atoms with E-state index in [2.05, 4.69) is 36.7 Å². The number of hydrogen-bond donors (Lipinski definition) is 0. The molecule has 0 aliphatic carbocycles. The van der Waals surface area contributed by atoms with Gasteiger partial charge >= 0.3 is 117 Å². The summed E-state index contributed by atoms with van der Waals surface area (Å²) in [5.74, 6) is 0.904. The molecule has 1 aromatic heterocycles. The Bertz CT molecular complexity index is 769. The van der Waals surface area contributed by atoms with Gasteiger partial charge in [-0.15, -0.1) is 0 Å². The minimum atomic E-state index is -1.52. The van der Waals surface area contributed by atoms with Crippen LogP contribution >= 0.6 is 23.7 Å². The van der Waals surface area contributed by atoms with Gasteiger partial charge in [0.25, 0.3) is 0 Å². The van der Waals surface area contributed by atoms with Crippen LogP contribution in [-0.4, -0.2) is 12.1 Å². The average Bonchev–Trinajstić information content (AvgIpc) is 2.77. The van der Waals surface area contributed by atoms with E-state index in [1.54, 1.807) is 18.4 Å². The van der Waals surface area contributed by atoms with E-state index in [1.807, 2.05) is 6.92 Å². The summed E-state index contributed by atoms with van der Waals surface area (Å²) in [6.07, 6.45) is 0. The number of hydrogen-bond acceptors (Lipinski definition) is 3. The summed E-state index contributed by atoms with van der Waals surface area (Å²) in [5.41, 5.74) is 1.07. The van der Waals surface area contributed by atoms with Crippen molar-refractivity contribution in [3.05, 3.63) is 29.3 Å². The van der Waals surface area contributed by atoms with Gasteiger partial charge in [0.05, 0.1) is 0 Å². The third-order valence-electron chi connectivity index (χ3n) is 2.90. The third-order valence-corrected chi connectivity index (χ3v) is 7.29. The summed E-state index contributed by atoms with van der Waals surface area (Å²) in [4.78, 5) is 4.69. The number of thiazole rings is 1. The van der Waals surface area contributed by atoms with Crippen LogP contribution in [0.25, 0.3) is 21.0 Å². The molecule has 0 amide bonds. The SMILES string of the molecule is COc1cc2sc(C)nc2c2[c]([Lr]([CH3])[Cl])cccc12. The van der Waals surface area contributed by atoms with E-state index in [-0.39, 0.29) is 0 Å². The van der Waals surface area contributed by atoms with Gasteiger partial charge in [-0.05, 0) is 0 Å². The second kappa shape index (κ2) is 4.11. The molecule has 0 atom stereocenters. The molecule has 0 saturated carbocycles. The molecule has 0 N–H and O–H groups in total. The molecule has 0 fully saturated rings. The van der Waals surface area contributed by atoms with Crippen LogP contribution in [0.15, 0.2) is 24.3 Å². The van der Waals surface area contributed by atoms with Gasteiger partial charge in [0.15, 0.2) is 0 Å². The Morgan fingerprint density at radius 1 is 1.37 bits per heavy atom. The van der Waals surface area contributed by atoms with E-state index >= 15 is 0 Å². The van der Waals surface area contributed by atoms with Crippen LogP contribution < -0.4 is 10.8 Å². The average molecular weight is 541 g/mol. The van der Waals surface area contributed by atoms with Crippen molar-refractivity contribution in [2.45, 2.75) is 14.4 Å². The zero-order valence-electron chi connectivity index (χ0n) is 10.7. The zero-order valence-corrected chi connectivity index (χ0v) is 14.4. The Labute approximate surface area is 117 Å². The van der Waals surface area contributed by atoms with Crippen LogP contribution in [0.2, 0.25) is 7.43 Å². The van der Waals surface area contributed by atoms with Crippen molar-refractivity contribution in [1.29, 1.82) is 0 Å². The third kappa shape index (κ3) is 1.69. The number of benzene rings is 2. The Kier molecular flexibility index (Phi) is 2.54. The first-order valence-electron chi connectivity index (χ1n) is 5.52. The van der Waals surface area contributed by atoms with E-state index in [0.717, 1.165) is 21.7 Å². The van der Waals surface area contributed by atoms with Crippen molar-refractivity contribution in [1.82, 2.24) is 4.98 Å². The van der Waals surface area contributed by atoms with Gasteiger partial charge in [-0.2, -0.15) is 0 Å². The van der Waals surface area contributed by atoms with Crippen molar-refractivity contribution in [2.75, 3.05) is 7.11 Å². The molecule has 0 radical (unpaired) electrons.